The molecule has 142 valence electrons. The van der Waals surface area contributed by atoms with E-state index in [-0.39, 0.29) is 17.9 Å². The molecule has 0 bridgehead atoms. The Morgan fingerprint density at radius 1 is 1.04 bits per heavy atom. The number of hydrogen-bond donors (Lipinski definition) is 2. The minimum absolute atomic E-state index is 0.181. The summed E-state index contributed by atoms with van der Waals surface area (Å²) in [6.45, 7) is 1.19. The second kappa shape index (κ2) is 7.02. The molecule has 2 aromatic rings. The quantitative estimate of drug-likeness (QED) is 0.488. The van der Waals surface area contributed by atoms with Crippen LogP contribution < -0.4 is 20.5 Å². The summed E-state index contributed by atoms with van der Waals surface area (Å²) >= 11 is 0. The van der Waals surface area contributed by atoms with E-state index in [1.807, 2.05) is 0 Å². The molecule has 8 heteroatoms. The van der Waals surface area contributed by atoms with E-state index in [1.54, 1.807) is 18.2 Å². The van der Waals surface area contributed by atoms with E-state index in [0.717, 1.165) is 18.6 Å². The molecule has 0 saturated heterocycles. The first-order chi connectivity index (χ1) is 13.0. The van der Waals surface area contributed by atoms with Gasteiger partial charge in [0.15, 0.2) is 34.9 Å². The lowest BCUT2D eigenvalue weighted by atomic mass is 10.1. The van der Waals surface area contributed by atoms with Crippen LogP contribution in [-0.2, 0) is 0 Å². The van der Waals surface area contributed by atoms with Crippen molar-refractivity contribution >= 4 is 11.6 Å². The number of guanidine groups is 1. The van der Waals surface area contributed by atoms with Crippen molar-refractivity contribution < 1.29 is 22.6 Å². The molecule has 0 spiro atoms. The van der Waals surface area contributed by atoms with Gasteiger partial charge in [0.1, 0.15) is 0 Å². The first-order valence-electron chi connectivity index (χ1n) is 8.65. The fourth-order valence-corrected chi connectivity index (χ4v) is 3.07. The van der Waals surface area contributed by atoms with Gasteiger partial charge in [0.25, 0.3) is 0 Å². The highest BCUT2D eigenvalue weighted by atomic mass is 19.2. The molecule has 2 aliphatic rings. The van der Waals surface area contributed by atoms with Crippen LogP contribution in [0.15, 0.2) is 35.3 Å². The third kappa shape index (κ3) is 3.79. The van der Waals surface area contributed by atoms with E-state index in [1.165, 1.54) is 0 Å². The Hall–Kier alpha value is -2.90. The van der Waals surface area contributed by atoms with Gasteiger partial charge in [0.2, 0.25) is 0 Å². The van der Waals surface area contributed by atoms with Gasteiger partial charge in [-0.1, -0.05) is 0 Å². The lowest BCUT2D eigenvalue weighted by molar-refractivity contribution is 0.297. The van der Waals surface area contributed by atoms with Crippen LogP contribution in [0.2, 0.25) is 0 Å². The predicted octanol–water partition coefficient (Wildman–Crippen LogP) is 3.55. The summed E-state index contributed by atoms with van der Waals surface area (Å²) < 4.78 is 51.0. The zero-order chi connectivity index (χ0) is 19.0. The Labute approximate surface area is 154 Å². The van der Waals surface area contributed by atoms with Crippen molar-refractivity contribution in [2.75, 3.05) is 18.5 Å². The molecule has 5 nitrogen and oxygen atoms in total. The highest BCUT2D eigenvalue weighted by Gasteiger charge is 2.39. The lowest BCUT2D eigenvalue weighted by Gasteiger charge is -2.10. The summed E-state index contributed by atoms with van der Waals surface area (Å²) in [5.41, 5.74) is 7.01. The summed E-state index contributed by atoms with van der Waals surface area (Å²) in [4.78, 5) is 4.33. The fourth-order valence-electron chi connectivity index (χ4n) is 3.07. The molecule has 3 N–H and O–H groups in total. The molecule has 0 unspecified atom stereocenters. The highest BCUT2D eigenvalue weighted by molar-refractivity contribution is 5.92. The zero-order valence-electron chi connectivity index (χ0n) is 14.3. The van der Waals surface area contributed by atoms with Gasteiger partial charge in [-0.3, -0.25) is 0 Å². The molecule has 2 atom stereocenters. The van der Waals surface area contributed by atoms with Crippen molar-refractivity contribution in [3.63, 3.8) is 0 Å². The molecule has 2 aromatic carbocycles. The minimum atomic E-state index is -1.46. The number of nitrogens with zero attached hydrogens (tertiary/aromatic N) is 1. The topological polar surface area (TPSA) is 68.9 Å². The Kier molecular flexibility index (Phi) is 4.55. The van der Waals surface area contributed by atoms with E-state index < -0.39 is 17.5 Å². The van der Waals surface area contributed by atoms with Crippen LogP contribution in [0.5, 0.6) is 11.5 Å². The molecular formula is C19H18F3N3O2. The van der Waals surface area contributed by atoms with Crippen LogP contribution in [0.1, 0.15) is 24.3 Å². The van der Waals surface area contributed by atoms with Gasteiger partial charge in [-0.2, -0.15) is 0 Å². The molecular weight excluding hydrogens is 359 g/mol. The van der Waals surface area contributed by atoms with Crippen LogP contribution in [0.3, 0.4) is 0 Å². The van der Waals surface area contributed by atoms with Crippen molar-refractivity contribution in [2.45, 2.75) is 24.8 Å². The van der Waals surface area contributed by atoms with Crippen LogP contribution in [0.4, 0.5) is 18.9 Å². The Balaban J connectivity index is 1.43. The maximum atomic E-state index is 13.4. The smallest absolute Gasteiger partial charge is 0.194 e. The highest BCUT2D eigenvalue weighted by Crippen LogP contribution is 2.44. The van der Waals surface area contributed by atoms with Crippen molar-refractivity contribution in [1.29, 1.82) is 0 Å². The second-order valence-electron chi connectivity index (χ2n) is 6.56. The molecule has 1 heterocycles. The van der Waals surface area contributed by atoms with E-state index in [0.29, 0.717) is 42.4 Å². The van der Waals surface area contributed by atoms with E-state index in [4.69, 9.17) is 15.2 Å². The van der Waals surface area contributed by atoms with Gasteiger partial charge in [0, 0.05) is 24.1 Å². The van der Waals surface area contributed by atoms with Gasteiger partial charge in [-0.25, -0.2) is 18.2 Å². The minimum Gasteiger partial charge on any atom is -0.490 e. The Morgan fingerprint density at radius 3 is 2.48 bits per heavy atom. The molecule has 4 rings (SSSR count). The first-order valence-corrected chi connectivity index (χ1v) is 8.65. The van der Waals surface area contributed by atoms with Crippen molar-refractivity contribution in [1.82, 2.24) is 0 Å². The number of aliphatic imine (C=N–C) groups is 1. The fraction of sp³-hybridized carbons (Fsp3) is 0.316. The average molecular weight is 377 g/mol. The van der Waals surface area contributed by atoms with E-state index in [9.17, 15) is 13.2 Å². The third-order valence-corrected chi connectivity index (χ3v) is 4.52. The summed E-state index contributed by atoms with van der Waals surface area (Å²) in [7, 11) is 0. The van der Waals surface area contributed by atoms with Crippen molar-refractivity contribution in [3.05, 3.63) is 53.3 Å². The lowest BCUT2D eigenvalue weighted by Crippen LogP contribution is -2.23. The van der Waals surface area contributed by atoms with Gasteiger partial charge >= 0.3 is 0 Å². The summed E-state index contributed by atoms with van der Waals surface area (Å²) in [5, 5.41) is 2.97. The van der Waals surface area contributed by atoms with Gasteiger partial charge < -0.3 is 20.5 Å². The van der Waals surface area contributed by atoms with E-state index in [2.05, 4.69) is 10.3 Å². The SMILES string of the molecule is NC(=N[C@@H]1C[C@H]1c1cc(F)c(F)c(F)c1)Nc1ccc2c(c1)OCCCO2. The number of hydrogen-bond acceptors (Lipinski definition) is 3. The number of benzene rings is 2. The maximum absolute atomic E-state index is 13.4. The average Bonchev–Trinajstić information content (AvgIpc) is 3.42. The summed E-state index contributed by atoms with van der Waals surface area (Å²) in [6.07, 6.45) is 1.41. The largest absolute Gasteiger partial charge is 0.490 e. The normalized spacial score (nSPS) is 21.5. The number of fused-ring (bicyclic) bond motifs is 1. The Morgan fingerprint density at radius 2 is 1.74 bits per heavy atom. The number of ether oxygens (including phenoxy) is 2. The number of halogens is 3. The standard InChI is InChI=1S/C19H18F3N3O2/c20-13-6-10(7-14(21)18(13)22)12-9-15(12)25-19(23)24-11-2-3-16-17(8-11)27-5-1-4-26-16/h2-3,6-8,12,15H,1,4-5,9H2,(H3,23,24,25)/t12-,15+/m0/s1. The first kappa shape index (κ1) is 17.5. The van der Waals surface area contributed by atoms with Gasteiger partial charge in [0.05, 0.1) is 19.3 Å². The molecule has 1 saturated carbocycles. The summed E-state index contributed by atoms with van der Waals surface area (Å²) in [5.74, 6) is -2.55. The third-order valence-electron chi connectivity index (χ3n) is 4.52. The second-order valence-corrected chi connectivity index (χ2v) is 6.56. The van der Waals surface area contributed by atoms with Gasteiger partial charge in [-0.05, 0) is 36.2 Å². The molecule has 0 radical (unpaired) electrons. The van der Waals surface area contributed by atoms with Crippen molar-refractivity contribution in [3.8, 4) is 11.5 Å². The maximum Gasteiger partial charge on any atom is 0.194 e. The monoisotopic (exact) mass is 377 g/mol. The summed E-state index contributed by atoms with van der Waals surface area (Å²) in [6, 6.07) is 7.17. The van der Waals surface area contributed by atoms with Crippen LogP contribution in [0.25, 0.3) is 0 Å². The van der Waals surface area contributed by atoms with Crippen molar-refractivity contribution in [2.24, 2.45) is 10.7 Å². The Bertz CT molecular complexity index is 881. The molecule has 1 fully saturated rings. The number of nitrogens with two attached hydrogens (primary N) is 1. The molecule has 1 aliphatic carbocycles. The number of rotatable bonds is 3. The molecule has 0 aromatic heterocycles. The number of anilines is 1. The predicted molar refractivity (Wildman–Crippen MR) is 94.8 cm³/mol. The number of nitrogens with one attached hydrogen (secondary N) is 1. The van der Waals surface area contributed by atoms with Gasteiger partial charge in [-0.15, -0.1) is 0 Å². The zero-order valence-corrected chi connectivity index (χ0v) is 14.3. The van der Waals surface area contributed by atoms with Crippen LogP contribution >= 0.6 is 0 Å². The molecule has 1 aliphatic heterocycles. The van der Waals surface area contributed by atoms with Crippen LogP contribution in [0, 0.1) is 17.5 Å². The van der Waals surface area contributed by atoms with Crippen LogP contribution in [-0.4, -0.2) is 25.2 Å². The molecule has 27 heavy (non-hydrogen) atoms. The van der Waals surface area contributed by atoms with E-state index >= 15 is 0 Å². The molecule has 0 amide bonds.